The van der Waals surface area contributed by atoms with Crippen molar-refractivity contribution in [1.29, 1.82) is 0 Å². The van der Waals surface area contributed by atoms with Crippen LogP contribution in [0.3, 0.4) is 0 Å². The minimum Gasteiger partial charge on any atom is -0.343 e. The van der Waals surface area contributed by atoms with Gasteiger partial charge in [0.1, 0.15) is 0 Å². The second-order valence-corrected chi connectivity index (χ2v) is 57.8. The molecule has 0 N–H and O–H groups in total. The van der Waals surface area contributed by atoms with Gasteiger partial charge >= 0.3 is 19.5 Å². The molecule has 0 fully saturated rings. The average molecular weight is 2370 g/mol. The first-order valence-corrected chi connectivity index (χ1v) is 57.4. The molecule has 0 aromatic rings. The maximum absolute atomic E-state index is 3.89. The zero-order chi connectivity index (χ0) is 92.0. The molecule has 116 heavy (non-hydrogen) atoms. The van der Waals surface area contributed by atoms with Gasteiger partial charge in [-0.15, -0.1) is 0 Å². The Morgan fingerprint density at radius 3 is 0.595 bits per heavy atom. The predicted molar refractivity (Wildman–Crippen MR) is 604 cm³/mol. The van der Waals surface area contributed by atoms with Gasteiger partial charge in [0.05, 0.1) is 0 Å². The Kier molecular flexibility index (Phi) is 127. The summed E-state index contributed by atoms with van der Waals surface area (Å²) in [7, 11) is 0. The van der Waals surface area contributed by atoms with Gasteiger partial charge in [0, 0.05) is 20.5 Å². The molecule has 0 aliphatic heterocycles. The number of halogens is 6. The molecular weight excluding hydrogens is 2140 g/mol. The fourth-order valence-corrected chi connectivity index (χ4v) is 12.6. The van der Waals surface area contributed by atoms with E-state index in [1.54, 1.807) is 0 Å². The first-order valence-electron chi connectivity index (χ1n) is 50.9. The third-order valence-corrected chi connectivity index (χ3v) is 30.8. The first-order chi connectivity index (χ1) is 53.2. The molecule has 0 aromatic heterocycles. The zero-order valence-corrected chi connectivity index (χ0v) is 104. The summed E-state index contributed by atoms with van der Waals surface area (Å²) in [6, 6.07) is 0. The van der Waals surface area contributed by atoms with Crippen molar-refractivity contribution in [3.8, 4) is 0 Å². The summed E-state index contributed by atoms with van der Waals surface area (Å²) in [6.07, 6.45) is 77.4. The normalized spacial score (nSPS) is 13.8. The van der Waals surface area contributed by atoms with E-state index in [2.05, 4.69) is 406 Å². The molecule has 0 nitrogen and oxygen atoms in total. The minimum atomic E-state index is 0. The Morgan fingerprint density at radius 1 is 0.233 bits per heavy atom. The van der Waals surface area contributed by atoms with E-state index in [0.717, 1.165) is 42.4 Å². The van der Waals surface area contributed by atoms with Crippen molar-refractivity contribution in [2.75, 3.05) is 0 Å². The van der Waals surface area contributed by atoms with Gasteiger partial charge in [-0.25, -0.2) is 0 Å². The van der Waals surface area contributed by atoms with Crippen LogP contribution in [-0.2, 0) is 19.5 Å². The number of hydrogen-bond acceptors (Lipinski definition) is 0. The van der Waals surface area contributed by atoms with Crippen LogP contribution in [0.2, 0.25) is 0 Å². The molecule has 0 radical (unpaired) electrons. The third-order valence-electron chi connectivity index (χ3n) is 24.6. The molecule has 0 saturated carbocycles. The van der Waals surface area contributed by atoms with E-state index in [4.69, 9.17) is 0 Å². The van der Waals surface area contributed by atoms with Crippen LogP contribution in [0.4, 0.5) is 0 Å². The molecule has 7 unspecified atom stereocenters. The van der Waals surface area contributed by atoms with Crippen LogP contribution in [0.25, 0.3) is 0 Å². The standard InChI is InChI=1S/2C14H29.C12H26.2C11H23I.C11H24.2C10H21I.C6H14.2C5H11I.Zn/c2*1-4-7-9-11-13-14(6-3)12-10-8-5-2;1-6-7-8-9-10-11(2)12(3,4)5;2*1-5-6-7-8-9-10(2)11(3,4)12;1-5-7-8-9-10-11(3,4)6-2;2*1-4-6-7-8-9-10(3,11)5-2;1-5-6(2,3)4;2*1-4-5(2,3)6;/h2*14H,2,4-13H2,1,3H3;11H,6-10H2,1-5H3;2*10H,5-9H2,1-4H3;5-10H2,1-4H3;2*4-9H2,1-3H3;5H2,1-4H3;2*4H2,1-3H3;/q2*-1;;;;;;;;;;+2. The first kappa shape index (κ1) is 147. The Bertz CT molecular complexity index is 1530. The summed E-state index contributed by atoms with van der Waals surface area (Å²) in [5.41, 5.74) is 1.64. The van der Waals surface area contributed by atoms with Crippen molar-refractivity contribution >= 4 is 136 Å². The number of rotatable bonds is 57. The summed E-state index contributed by atoms with van der Waals surface area (Å²) < 4.78 is 3.10. The van der Waals surface area contributed by atoms with Crippen LogP contribution < -0.4 is 0 Å². The molecular formula is C109H232I6Zn. The third kappa shape index (κ3) is 147. The van der Waals surface area contributed by atoms with Gasteiger partial charge in [-0.05, 0) is 104 Å². The summed E-state index contributed by atoms with van der Waals surface area (Å²) in [6.45, 7) is 92.7. The predicted octanol–water partition coefficient (Wildman–Crippen LogP) is 46.2. The van der Waals surface area contributed by atoms with Gasteiger partial charge in [0.25, 0.3) is 0 Å². The molecule has 0 heterocycles. The Balaban J connectivity index is -0.000000103. The van der Waals surface area contributed by atoms with Crippen LogP contribution in [0, 0.1) is 59.7 Å². The average Bonchev–Trinajstić information content (AvgIpc) is 0.936. The second-order valence-electron chi connectivity index (χ2n) is 41.2. The Morgan fingerprint density at radius 2 is 0.431 bits per heavy atom. The SMILES string of the molecule is CCC(C)(C)C.CCC(C)(C)I.CCC(C)(C)I.CCCCCCC(C)(C)CC.CCCCCCC(C)(I)CC.CCCCCCC(C)(I)CC.CCCCCCC(C)C(C)(C)C.CCCCCCC(C)C(C)(C)I.CCCCCCC(C)C(C)(C)I.[CH2-]CCCCC(CC)CCCCCC.[CH2-]CCCCC(CC)CCCCCC.[Zn+2]. The van der Waals surface area contributed by atoms with Gasteiger partial charge < -0.3 is 13.8 Å². The van der Waals surface area contributed by atoms with Crippen molar-refractivity contribution in [2.45, 2.75) is 636 Å². The Labute approximate surface area is 841 Å². The number of alkyl halides is 6. The molecule has 712 valence electrons. The van der Waals surface area contributed by atoms with E-state index in [-0.39, 0.29) is 19.5 Å². The number of unbranched alkanes of at least 4 members (excludes halogenated alkanes) is 28. The van der Waals surface area contributed by atoms with Crippen molar-refractivity contribution in [2.24, 2.45) is 45.8 Å². The van der Waals surface area contributed by atoms with Crippen molar-refractivity contribution in [1.82, 2.24) is 0 Å². The summed E-state index contributed by atoms with van der Waals surface area (Å²) in [5.74, 6) is 4.58. The van der Waals surface area contributed by atoms with E-state index in [0.29, 0.717) is 36.8 Å². The molecule has 0 aliphatic carbocycles. The Hall–Kier alpha value is 5.00. The van der Waals surface area contributed by atoms with E-state index >= 15 is 0 Å². The van der Waals surface area contributed by atoms with Gasteiger partial charge in [0.2, 0.25) is 0 Å². The second kappa shape index (κ2) is 101. The molecule has 0 rings (SSSR count). The summed E-state index contributed by atoms with van der Waals surface area (Å²) in [4.78, 5) is 0. The van der Waals surface area contributed by atoms with Crippen molar-refractivity contribution in [3.05, 3.63) is 13.8 Å². The van der Waals surface area contributed by atoms with Crippen LogP contribution in [0.5, 0.6) is 0 Å². The smallest absolute Gasteiger partial charge is 0.343 e. The van der Waals surface area contributed by atoms with Crippen LogP contribution >= 0.6 is 136 Å². The van der Waals surface area contributed by atoms with E-state index in [1.165, 1.54) is 347 Å². The molecule has 0 aromatic carbocycles. The van der Waals surface area contributed by atoms with Gasteiger partial charge in [-0.3, -0.25) is 0 Å². The van der Waals surface area contributed by atoms with Crippen LogP contribution in [0.15, 0.2) is 0 Å². The topological polar surface area (TPSA) is 0 Å². The van der Waals surface area contributed by atoms with Gasteiger partial charge in [-0.2, -0.15) is 12.8 Å². The summed E-state index contributed by atoms with van der Waals surface area (Å²) >= 11 is 15.2. The minimum absolute atomic E-state index is 0. The molecule has 0 spiro atoms. The van der Waals surface area contributed by atoms with E-state index in [9.17, 15) is 0 Å². The summed E-state index contributed by atoms with van der Waals surface area (Å²) in [5, 5.41) is 0. The molecule has 7 atom stereocenters. The van der Waals surface area contributed by atoms with Crippen molar-refractivity contribution in [3.63, 3.8) is 0 Å². The van der Waals surface area contributed by atoms with Crippen LogP contribution in [0.1, 0.15) is 616 Å². The largest absolute Gasteiger partial charge is 2.00 e. The van der Waals surface area contributed by atoms with Crippen molar-refractivity contribution < 1.29 is 19.5 Å². The van der Waals surface area contributed by atoms with Crippen LogP contribution in [-0.4, -0.2) is 20.5 Å². The van der Waals surface area contributed by atoms with E-state index in [1.807, 2.05) is 0 Å². The van der Waals surface area contributed by atoms with E-state index < -0.39 is 0 Å². The molecule has 7 heteroatoms. The monoisotopic (exact) mass is 2370 g/mol. The van der Waals surface area contributed by atoms with Gasteiger partial charge in [0.15, 0.2) is 0 Å². The fraction of sp³-hybridized carbons (Fsp3) is 0.982. The number of hydrogen-bond donors (Lipinski definition) is 0. The fourth-order valence-electron chi connectivity index (χ4n) is 11.2. The maximum atomic E-state index is 3.89. The maximum Gasteiger partial charge on any atom is 2.00 e. The molecule has 0 amide bonds. The molecule has 0 bridgehead atoms. The molecule has 0 saturated heterocycles. The quantitative estimate of drug-likeness (QED) is 0.0187. The molecule has 0 aliphatic rings. The zero-order valence-electron chi connectivity index (χ0n) is 88.4. The van der Waals surface area contributed by atoms with Gasteiger partial charge in [-0.1, -0.05) is 681 Å².